The van der Waals surface area contributed by atoms with Crippen LogP contribution in [0.25, 0.3) is 0 Å². The Morgan fingerprint density at radius 1 is 0.917 bits per heavy atom. The van der Waals surface area contributed by atoms with Gasteiger partial charge in [-0.25, -0.2) is 8.78 Å². The second-order valence-electron chi connectivity index (χ2n) is 5.84. The molecule has 0 atom stereocenters. The minimum Gasteiger partial charge on any atom is -0.326 e. The number of halogens is 2. The Labute approximate surface area is 138 Å². The van der Waals surface area contributed by atoms with Crippen LogP contribution in [0.3, 0.4) is 0 Å². The van der Waals surface area contributed by atoms with Crippen LogP contribution in [0.2, 0.25) is 0 Å². The Balaban J connectivity index is 2.00. The maximum absolute atomic E-state index is 13.1. The van der Waals surface area contributed by atoms with E-state index in [0.29, 0.717) is 23.9 Å². The number of amides is 2. The lowest BCUT2D eigenvalue weighted by Gasteiger charge is -2.09. The van der Waals surface area contributed by atoms with E-state index in [9.17, 15) is 18.4 Å². The third-order valence-electron chi connectivity index (χ3n) is 3.14. The molecular formula is C18H18F2N2O2. The van der Waals surface area contributed by atoms with E-state index in [4.69, 9.17) is 0 Å². The molecule has 0 spiro atoms. The normalized spacial score (nSPS) is 10.5. The second kappa shape index (κ2) is 7.68. The van der Waals surface area contributed by atoms with Gasteiger partial charge in [0.05, 0.1) is 0 Å². The van der Waals surface area contributed by atoms with Crippen molar-refractivity contribution in [3.63, 3.8) is 0 Å². The molecule has 0 radical (unpaired) electrons. The molecule has 0 aliphatic heterocycles. The summed E-state index contributed by atoms with van der Waals surface area (Å²) in [4.78, 5) is 23.7. The number of rotatable bonds is 5. The van der Waals surface area contributed by atoms with Crippen LogP contribution in [-0.2, 0) is 4.79 Å². The SMILES string of the molecule is CC(C)CC(=O)Nc1ccc(NC(=O)c2cc(F)cc(F)c2)cc1. The molecule has 0 saturated heterocycles. The third-order valence-corrected chi connectivity index (χ3v) is 3.14. The van der Waals surface area contributed by atoms with Crippen LogP contribution in [-0.4, -0.2) is 11.8 Å². The summed E-state index contributed by atoms with van der Waals surface area (Å²) in [6.45, 7) is 3.90. The molecular weight excluding hydrogens is 314 g/mol. The van der Waals surface area contributed by atoms with Crippen molar-refractivity contribution < 1.29 is 18.4 Å². The largest absolute Gasteiger partial charge is 0.326 e. The van der Waals surface area contributed by atoms with E-state index >= 15 is 0 Å². The lowest BCUT2D eigenvalue weighted by molar-refractivity contribution is -0.116. The number of hydrogen-bond acceptors (Lipinski definition) is 2. The third kappa shape index (κ3) is 5.15. The van der Waals surface area contributed by atoms with Crippen LogP contribution in [0.1, 0.15) is 30.6 Å². The van der Waals surface area contributed by atoms with Crippen molar-refractivity contribution in [3.05, 3.63) is 59.7 Å². The van der Waals surface area contributed by atoms with Gasteiger partial charge in [-0.1, -0.05) is 13.8 Å². The summed E-state index contributed by atoms with van der Waals surface area (Å²) in [5.41, 5.74) is 0.948. The van der Waals surface area contributed by atoms with Crippen LogP contribution in [0.5, 0.6) is 0 Å². The molecule has 6 heteroatoms. The Hall–Kier alpha value is -2.76. The van der Waals surface area contributed by atoms with Gasteiger partial charge in [-0.3, -0.25) is 9.59 Å². The van der Waals surface area contributed by atoms with Gasteiger partial charge in [0.25, 0.3) is 5.91 Å². The molecule has 0 bridgehead atoms. The van der Waals surface area contributed by atoms with E-state index in [1.165, 1.54) is 0 Å². The molecule has 2 rings (SSSR count). The van der Waals surface area contributed by atoms with E-state index in [1.807, 2.05) is 13.8 Å². The first-order chi connectivity index (χ1) is 11.3. The second-order valence-corrected chi connectivity index (χ2v) is 5.84. The highest BCUT2D eigenvalue weighted by atomic mass is 19.1. The van der Waals surface area contributed by atoms with Crippen molar-refractivity contribution in [1.82, 2.24) is 0 Å². The number of carbonyl (C=O) groups is 2. The van der Waals surface area contributed by atoms with Crippen LogP contribution in [0.4, 0.5) is 20.2 Å². The van der Waals surface area contributed by atoms with Gasteiger partial charge in [0, 0.05) is 29.4 Å². The number of benzene rings is 2. The van der Waals surface area contributed by atoms with Gasteiger partial charge < -0.3 is 10.6 Å². The molecule has 24 heavy (non-hydrogen) atoms. The average Bonchev–Trinajstić information content (AvgIpc) is 2.47. The maximum Gasteiger partial charge on any atom is 0.255 e. The zero-order chi connectivity index (χ0) is 17.7. The van der Waals surface area contributed by atoms with Crippen molar-refractivity contribution in [2.45, 2.75) is 20.3 Å². The lowest BCUT2D eigenvalue weighted by Crippen LogP contribution is -2.14. The molecule has 0 heterocycles. The molecule has 0 aromatic heterocycles. The fourth-order valence-electron chi connectivity index (χ4n) is 2.11. The standard InChI is InChI=1S/C18H18F2N2O2/c1-11(2)7-17(23)21-15-3-5-16(6-4-15)22-18(24)12-8-13(19)10-14(20)9-12/h3-6,8-11H,7H2,1-2H3,(H,21,23)(H,22,24). The van der Waals surface area contributed by atoms with Crippen molar-refractivity contribution >= 4 is 23.2 Å². The summed E-state index contributed by atoms with van der Waals surface area (Å²) >= 11 is 0. The van der Waals surface area contributed by atoms with Crippen LogP contribution < -0.4 is 10.6 Å². The fraction of sp³-hybridized carbons (Fsp3) is 0.222. The van der Waals surface area contributed by atoms with Gasteiger partial charge in [-0.15, -0.1) is 0 Å². The van der Waals surface area contributed by atoms with E-state index in [2.05, 4.69) is 10.6 Å². The Morgan fingerprint density at radius 2 is 1.42 bits per heavy atom. The minimum absolute atomic E-state index is 0.0861. The molecule has 2 aromatic rings. The molecule has 2 N–H and O–H groups in total. The average molecular weight is 332 g/mol. The molecule has 0 fully saturated rings. The zero-order valence-corrected chi connectivity index (χ0v) is 13.4. The summed E-state index contributed by atoms with van der Waals surface area (Å²) in [7, 11) is 0. The maximum atomic E-state index is 13.1. The first-order valence-electron chi connectivity index (χ1n) is 7.51. The van der Waals surface area contributed by atoms with E-state index in [-0.39, 0.29) is 17.4 Å². The number of anilines is 2. The Kier molecular flexibility index (Phi) is 5.63. The number of nitrogens with one attached hydrogen (secondary N) is 2. The van der Waals surface area contributed by atoms with Crippen molar-refractivity contribution in [1.29, 1.82) is 0 Å². The molecule has 2 aromatic carbocycles. The monoisotopic (exact) mass is 332 g/mol. The molecule has 0 saturated carbocycles. The molecule has 2 amide bonds. The van der Waals surface area contributed by atoms with Gasteiger partial charge >= 0.3 is 0 Å². The quantitative estimate of drug-likeness (QED) is 0.862. The van der Waals surface area contributed by atoms with Crippen molar-refractivity contribution in [2.24, 2.45) is 5.92 Å². The molecule has 126 valence electrons. The molecule has 4 nitrogen and oxygen atoms in total. The van der Waals surface area contributed by atoms with Gasteiger partial charge in [-0.2, -0.15) is 0 Å². The first kappa shape index (κ1) is 17.6. The van der Waals surface area contributed by atoms with Gasteiger partial charge in [0.15, 0.2) is 0 Å². The van der Waals surface area contributed by atoms with Crippen molar-refractivity contribution in [2.75, 3.05) is 10.6 Å². The van der Waals surface area contributed by atoms with Crippen molar-refractivity contribution in [3.8, 4) is 0 Å². The van der Waals surface area contributed by atoms with Crippen LogP contribution >= 0.6 is 0 Å². The van der Waals surface area contributed by atoms with Crippen LogP contribution in [0.15, 0.2) is 42.5 Å². The number of hydrogen-bond donors (Lipinski definition) is 2. The predicted octanol–water partition coefficient (Wildman–Crippen LogP) is 4.20. The summed E-state index contributed by atoms with van der Waals surface area (Å²) in [6, 6.07) is 9.08. The Bertz CT molecular complexity index is 723. The van der Waals surface area contributed by atoms with E-state index < -0.39 is 17.5 Å². The summed E-state index contributed by atoms with van der Waals surface area (Å²) < 4.78 is 26.3. The lowest BCUT2D eigenvalue weighted by atomic mass is 10.1. The van der Waals surface area contributed by atoms with Gasteiger partial charge in [0.1, 0.15) is 11.6 Å². The van der Waals surface area contributed by atoms with E-state index in [1.54, 1.807) is 24.3 Å². The highest BCUT2D eigenvalue weighted by Gasteiger charge is 2.10. The summed E-state index contributed by atoms with van der Waals surface area (Å²) in [5, 5.41) is 5.29. The molecule has 0 unspecified atom stereocenters. The highest BCUT2D eigenvalue weighted by molar-refractivity contribution is 6.04. The smallest absolute Gasteiger partial charge is 0.255 e. The van der Waals surface area contributed by atoms with Gasteiger partial charge in [-0.05, 0) is 42.3 Å². The molecule has 0 aliphatic rings. The van der Waals surface area contributed by atoms with Crippen LogP contribution in [0, 0.1) is 17.6 Å². The first-order valence-corrected chi connectivity index (χ1v) is 7.51. The predicted molar refractivity (Wildman–Crippen MR) is 88.8 cm³/mol. The molecule has 0 aliphatic carbocycles. The summed E-state index contributed by atoms with van der Waals surface area (Å²) in [6.07, 6.45) is 0.420. The highest BCUT2D eigenvalue weighted by Crippen LogP contribution is 2.16. The minimum atomic E-state index is -0.816. The fourth-order valence-corrected chi connectivity index (χ4v) is 2.11. The Morgan fingerprint density at radius 3 is 1.92 bits per heavy atom. The van der Waals surface area contributed by atoms with E-state index in [0.717, 1.165) is 12.1 Å². The summed E-state index contributed by atoms with van der Waals surface area (Å²) in [5.74, 6) is -2.08. The van der Waals surface area contributed by atoms with Gasteiger partial charge in [0.2, 0.25) is 5.91 Å². The number of carbonyl (C=O) groups excluding carboxylic acids is 2. The topological polar surface area (TPSA) is 58.2 Å². The zero-order valence-electron chi connectivity index (χ0n) is 13.4.